The zero-order valence-electron chi connectivity index (χ0n) is 15.5. The first-order valence-electron chi connectivity index (χ1n) is 8.91. The van der Waals surface area contributed by atoms with Crippen LogP contribution in [0.4, 0.5) is 22.7 Å². The van der Waals surface area contributed by atoms with Gasteiger partial charge in [0.15, 0.2) is 0 Å². The van der Waals surface area contributed by atoms with Crippen LogP contribution in [-0.2, 0) is 4.79 Å². The third kappa shape index (κ3) is 5.11. The maximum absolute atomic E-state index is 12.4. The number of benzene rings is 3. The van der Waals surface area contributed by atoms with Crippen molar-refractivity contribution in [1.82, 2.24) is 0 Å². The number of carbonyl (C=O) groups excluding carboxylic acids is 2. The van der Waals surface area contributed by atoms with Crippen LogP contribution in [0.3, 0.4) is 0 Å². The summed E-state index contributed by atoms with van der Waals surface area (Å²) < 4.78 is 0. The summed E-state index contributed by atoms with van der Waals surface area (Å²) >= 11 is 0. The lowest BCUT2D eigenvalue weighted by molar-refractivity contribution is -0.116. The molecule has 0 bridgehead atoms. The molecule has 2 amide bonds. The smallest absolute Gasteiger partial charge is 0.248 e. The second kappa shape index (κ2) is 8.73. The second-order valence-corrected chi connectivity index (χ2v) is 6.37. The van der Waals surface area contributed by atoms with E-state index >= 15 is 0 Å². The van der Waals surface area contributed by atoms with E-state index in [-0.39, 0.29) is 5.91 Å². The van der Waals surface area contributed by atoms with E-state index in [0.717, 1.165) is 17.1 Å². The maximum atomic E-state index is 12.4. The first kappa shape index (κ1) is 19.0. The minimum absolute atomic E-state index is 0.182. The summed E-state index contributed by atoms with van der Waals surface area (Å²) in [6, 6.07) is 23.6. The molecular weight excluding hydrogens is 352 g/mol. The number of nitrogens with one attached hydrogen (secondary N) is 3. The van der Waals surface area contributed by atoms with Crippen LogP contribution in [0, 0.1) is 0 Å². The Kier molecular flexibility index (Phi) is 5.91. The number of hydrogen-bond acceptors (Lipinski definition) is 4. The fraction of sp³-hybridized carbons (Fsp3) is 0.0909. The van der Waals surface area contributed by atoms with Gasteiger partial charge in [0.25, 0.3) is 0 Å². The van der Waals surface area contributed by atoms with Gasteiger partial charge in [-0.05, 0) is 67.6 Å². The normalized spacial score (nSPS) is 11.3. The molecule has 6 nitrogen and oxygen atoms in total. The van der Waals surface area contributed by atoms with Gasteiger partial charge in [-0.2, -0.15) is 0 Å². The zero-order chi connectivity index (χ0) is 19.9. The first-order chi connectivity index (χ1) is 13.5. The molecule has 0 radical (unpaired) electrons. The van der Waals surface area contributed by atoms with Gasteiger partial charge in [-0.25, -0.2) is 0 Å². The number of amides is 2. The van der Waals surface area contributed by atoms with Gasteiger partial charge in [-0.1, -0.05) is 18.2 Å². The van der Waals surface area contributed by atoms with Crippen molar-refractivity contribution >= 4 is 34.6 Å². The first-order valence-corrected chi connectivity index (χ1v) is 8.91. The van der Waals surface area contributed by atoms with E-state index in [1.54, 1.807) is 31.2 Å². The Morgan fingerprint density at radius 1 is 0.750 bits per heavy atom. The van der Waals surface area contributed by atoms with Crippen molar-refractivity contribution in [2.45, 2.75) is 13.0 Å². The Balaban J connectivity index is 1.55. The van der Waals surface area contributed by atoms with Gasteiger partial charge in [0, 0.05) is 28.3 Å². The van der Waals surface area contributed by atoms with E-state index < -0.39 is 11.9 Å². The molecule has 5 N–H and O–H groups in total. The fourth-order valence-corrected chi connectivity index (χ4v) is 2.62. The molecule has 0 aliphatic rings. The molecule has 0 aliphatic carbocycles. The molecule has 0 unspecified atom stereocenters. The van der Waals surface area contributed by atoms with Crippen molar-refractivity contribution in [3.63, 3.8) is 0 Å². The molecule has 0 spiro atoms. The van der Waals surface area contributed by atoms with Crippen LogP contribution in [0.1, 0.15) is 17.3 Å². The highest BCUT2D eigenvalue weighted by atomic mass is 16.2. The lowest BCUT2D eigenvalue weighted by Crippen LogP contribution is -2.31. The summed E-state index contributed by atoms with van der Waals surface area (Å²) in [7, 11) is 0. The number of nitrogens with two attached hydrogens (primary N) is 1. The largest absolute Gasteiger partial charge is 0.374 e. The van der Waals surface area contributed by atoms with Crippen LogP contribution in [0.25, 0.3) is 0 Å². The standard InChI is InChI=1S/C22H22N4O2/c1-15(22(28)26-20-9-7-16(8-10-20)21(23)27)24-18-11-13-19(14-12-18)25-17-5-3-2-4-6-17/h2-15,24-25H,1H3,(H2,23,27)(H,26,28)/t15-/m0/s1. The highest BCUT2D eigenvalue weighted by Crippen LogP contribution is 2.19. The van der Waals surface area contributed by atoms with Gasteiger partial charge in [-0.3, -0.25) is 9.59 Å². The van der Waals surface area contributed by atoms with E-state index in [2.05, 4.69) is 16.0 Å². The lowest BCUT2D eigenvalue weighted by Gasteiger charge is -2.16. The van der Waals surface area contributed by atoms with Gasteiger partial charge in [0.05, 0.1) is 0 Å². The van der Waals surface area contributed by atoms with Gasteiger partial charge in [0.1, 0.15) is 6.04 Å². The number of primary amides is 1. The minimum Gasteiger partial charge on any atom is -0.374 e. The van der Waals surface area contributed by atoms with Crippen LogP contribution in [0.5, 0.6) is 0 Å². The van der Waals surface area contributed by atoms with Crippen LogP contribution < -0.4 is 21.7 Å². The van der Waals surface area contributed by atoms with Crippen molar-refractivity contribution in [3.05, 3.63) is 84.4 Å². The van der Waals surface area contributed by atoms with Gasteiger partial charge in [0.2, 0.25) is 11.8 Å². The molecule has 0 aromatic heterocycles. The van der Waals surface area contributed by atoms with Crippen LogP contribution in [0.2, 0.25) is 0 Å². The van der Waals surface area contributed by atoms with Crippen molar-refractivity contribution in [2.75, 3.05) is 16.0 Å². The second-order valence-electron chi connectivity index (χ2n) is 6.37. The Hall–Kier alpha value is -3.80. The van der Waals surface area contributed by atoms with E-state index in [0.29, 0.717) is 11.3 Å². The van der Waals surface area contributed by atoms with E-state index in [4.69, 9.17) is 5.73 Å². The topological polar surface area (TPSA) is 96.2 Å². The van der Waals surface area contributed by atoms with Gasteiger partial charge >= 0.3 is 0 Å². The molecule has 142 valence electrons. The SMILES string of the molecule is C[C@H](Nc1ccc(Nc2ccccc2)cc1)C(=O)Nc1ccc(C(N)=O)cc1. The van der Waals surface area contributed by atoms with Crippen molar-refractivity contribution < 1.29 is 9.59 Å². The summed E-state index contributed by atoms with van der Waals surface area (Å²) in [6.45, 7) is 1.78. The molecule has 0 saturated carbocycles. The monoisotopic (exact) mass is 374 g/mol. The zero-order valence-corrected chi connectivity index (χ0v) is 15.5. The highest BCUT2D eigenvalue weighted by molar-refractivity contribution is 5.97. The Labute approximate surface area is 163 Å². The van der Waals surface area contributed by atoms with E-state index in [1.165, 1.54) is 0 Å². The molecule has 0 saturated heterocycles. The molecule has 0 heterocycles. The van der Waals surface area contributed by atoms with E-state index in [9.17, 15) is 9.59 Å². The average molecular weight is 374 g/mol. The predicted octanol–water partition coefficient (Wildman–Crippen LogP) is 3.97. The molecule has 3 aromatic carbocycles. The summed E-state index contributed by atoms with van der Waals surface area (Å²) in [6.07, 6.45) is 0. The van der Waals surface area contributed by atoms with Gasteiger partial charge < -0.3 is 21.7 Å². The van der Waals surface area contributed by atoms with Crippen LogP contribution >= 0.6 is 0 Å². The summed E-state index contributed by atoms with van der Waals surface area (Å²) in [5.74, 6) is -0.684. The quantitative estimate of drug-likeness (QED) is 0.503. The molecule has 1 atom stereocenters. The fourth-order valence-electron chi connectivity index (χ4n) is 2.62. The van der Waals surface area contributed by atoms with E-state index in [1.807, 2.05) is 54.6 Å². The number of para-hydroxylation sites is 1. The third-order valence-electron chi connectivity index (χ3n) is 4.16. The minimum atomic E-state index is -0.502. The number of rotatable bonds is 7. The molecule has 3 rings (SSSR count). The summed E-state index contributed by atoms with van der Waals surface area (Å²) in [5, 5.41) is 9.29. The summed E-state index contributed by atoms with van der Waals surface area (Å²) in [4.78, 5) is 23.5. The lowest BCUT2D eigenvalue weighted by atomic mass is 10.2. The molecule has 6 heteroatoms. The molecule has 3 aromatic rings. The molecule has 28 heavy (non-hydrogen) atoms. The molecule has 0 fully saturated rings. The van der Waals surface area contributed by atoms with Crippen molar-refractivity contribution in [1.29, 1.82) is 0 Å². The predicted molar refractivity (Wildman–Crippen MR) is 113 cm³/mol. The van der Waals surface area contributed by atoms with Crippen molar-refractivity contribution in [2.24, 2.45) is 5.73 Å². The average Bonchev–Trinajstić information content (AvgIpc) is 2.70. The highest BCUT2D eigenvalue weighted by Gasteiger charge is 2.13. The molecular formula is C22H22N4O2. The number of hydrogen-bond donors (Lipinski definition) is 4. The molecule has 0 aliphatic heterocycles. The number of anilines is 4. The maximum Gasteiger partial charge on any atom is 0.248 e. The Morgan fingerprint density at radius 2 is 1.29 bits per heavy atom. The number of carbonyl (C=O) groups is 2. The third-order valence-corrected chi connectivity index (χ3v) is 4.16. The van der Waals surface area contributed by atoms with Gasteiger partial charge in [-0.15, -0.1) is 0 Å². The Bertz CT molecular complexity index is 939. The van der Waals surface area contributed by atoms with Crippen LogP contribution in [-0.4, -0.2) is 17.9 Å². The summed E-state index contributed by atoms with van der Waals surface area (Å²) in [5.41, 5.74) is 9.02. The Morgan fingerprint density at radius 3 is 1.89 bits per heavy atom. The van der Waals surface area contributed by atoms with Crippen LogP contribution in [0.15, 0.2) is 78.9 Å². The van der Waals surface area contributed by atoms with Crippen molar-refractivity contribution in [3.8, 4) is 0 Å².